The molecule has 0 radical (unpaired) electrons. The van der Waals surface area contributed by atoms with Crippen LogP contribution in [-0.2, 0) is 19.0 Å². The molecule has 0 saturated carbocycles. The molecular weight excluding hydrogens is 246 g/mol. The minimum atomic E-state index is -0.288. The smallest absolute Gasteiger partial charge is 0.302 e. The van der Waals surface area contributed by atoms with Crippen LogP contribution in [0.15, 0.2) is 0 Å². The van der Waals surface area contributed by atoms with E-state index < -0.39 is 0 Å². The highest BCUT2D eigenvalue weighted by Gasteiger charge is 2.25. The SMILES string of the molecule is C#CC[N+](C)(C)CCOC1CC(OC(C)=O)CCO1. The largest absolute Gasteiger partial charge is 0.462 e. The summed E-state index contributed by atoms with van der Waals surface area (Å²) in [7, 11) is 4.12. The van der Waals surface area contributed by atoms with Gasteiger partial charge in [-0.2, -0.15) is 0 Å². The molecule has 0 aromatic rings. The molecule has 0 spiro atoms. The van der Waals surface area contributed by atoms with Gasteiger partial charge in [0.2, 0.25) is 0 Å². The maximum Gasteiger partial charge on any atom is 0.302 e. The molecule has 2 unspecified atom stereocenters. The topological polar surface area (TPSA) is 44.8 Å². The Balaban J connectivity index is 2.26. The van der Waals surface area contributed by atoms with Crippen molar-refractivity contribution in [3.05, 3.63) is 0 Å². The lowest BCUT2D eigenvalue weighted by Gasteiger charge is -2.31. The van der Waals surface area contributed by atoms with Crippen molar-refractivity contribution in [2.45, 2.75) is 32.2 Å². The summed E-state index contributed by atoms with van der Waals surface area (Å²) in [6.45, 7) is 4.05. The summed E-state index contributed by atoms with van der Waals surface area (Å²) in [5, 5.41) is 0. The Labute approximate surface area is 115 Å². The quantitative estimate of drug-likeness (QED) is 0.406. The zero-order chi connectivity index (χ0) is 14.3. The fraction of sp³-hybridized carbons (Fsp3) is 0.786. The summed E-state index contributed by atoms with van der Waals surface area (Å²) < 4.78 is 17.1. The van der Waals surface area contributed by atoms with E-state index in [1.54, 1.807) is 0 Å². The monoisotopic (exact) mass is 270 g/mol. The molecule has 0 bridgehead atoms. The van der Waals surface area contributed by atoms with Gasteiger partial charge in [-0.25, -0.2) is 0 Å². The predicted molar refractivity (Wildman–Crippen MR) is 71.2 cm³/mol. The molecule has 5 nitrogen and oxygen atoms in total. The van der Waals surface area contributed by atoms with Crippen molar-refractivity contribution in [3.8, 4) is 12.3 Å². The van der Waals surface area contributed by atoms with Crippen LogP contribution in [0.1, 0.15) is 19.8 Å². The van der Waals surface area contributed by atoms with Gasteiger partial charge in [-0.05, 0) is 5.92 Å². The van der Waals surface area contributed by atoms with Crippen molar-refractivity contribution in [3.63, 3.8) is 0 Å². The average molecular weight is 270 g/mol. The van der Waals surface area contributed by atoms with Gasteiger partial charge in [0.05, 0.1) is 27.3 Å². The van der Waals surface area contributed by atoms with E-state index >= 15 is 0 Å². The third kappa shape index (κ3) is 6.58. The van der Waals surface area contributed by atoms with E-state index in [-0.39, 0.29) is 18.4 Å². The summed E-state index contributed by atoms with van der Waals surface area (Å²) >= 11 is 0. The third-order valence-corrected chi connectivity index (χ3v) is 3.05. The number of esters is 1. The average Bonchev–Trinajstić information content (AvgIpc) is 2.28. The van der Waals surface area contributed by atoms with Crippen LogP contribution in [0.3, 0.4) is 0 Å². The van der Waals surface area contributed by atoms with Gasteiger partial charge in [0.25, 0.3) is 0 Å². The van der Waals surface area contributed by atoms with Gasteiger partial charge >= 0.3 is 5.97 Å². The van der Waals surface area contributed by atoms with Crippen molar-refractivity contribution in [1.82, 2.24) is 0 Å². The van der Waals surface area contributed by atoms with Crippen molar-refractivity contribution in [2.24, 2.45) is 0 Å². The normalized spacial score (nSPS) is 23.7. The van der Waals surface area contributed by atoms with Gasteiger partial charge in [0.1, 0.15) is 19.2 Å². The molecule has 0 N–H and O–H groups in total. The minimum Gasteiger partial charge on any atom is -0.462 e. The highest BCUT2D eigenvalue weighted by Crippen LogP contribution is 2.18. The molecule has 1 saturated heterocycles. The van der Waals surface area contributed by atoms with Crippen LogP contribution in [-0.4, -0.2) is 63.2 Å². The third-order valence-electron chi connectivity index (χ3n) is 3.05. The molecule has 0 aromatic carbocycles. The number of likely N-dealkylation sites (N-methyl/N-ethyl adjacent to an activating group) is 1. The van der Waals surface area contributed by atoms with Crippen LogP contribution >= 0.6 is 0 Å². The minimum absolute atomic E-state index is 0.0931. The van der Waals surface area contributed by atoms with Crippen LogP contribution in [0.5, 0.6) is 0 Å². The summed E-state index contributed by atoms with van der Waals surface area (Å²) in [5.74, 6) is 2.40. The van der Waals surface area contributed by atoms with E-state index in [0.717, 1.165) is 17.4 Å². The molecule has 1 aliphatic heterocycles. The van der Waals surface area contributed by atoms with Crippen LogP contribution in [0.4, 0.5) is 0 Å². The molecule has 0 aromatic heterocycles. The zero-order valence-electron chi connectivity index (χ0n) is 12.1. The Morgan fingerprint density at radius 1 is 1.53 bits per heavy atom. The summed E-state index contributed by atoms with van der Waals surface area (Å²) in [4.78, 5) is 10.9. The standard InChI is InChI=1S/C14H24NO4/c1-5-7-15(3,4)8-10-18-14-11-13(6-9-17-14)19-12(2)16/h1,13-14H,6-11H2,2-4H3/q+1. The van der Waals surface area contributed by atoms with E-state index in [1.807, 2.05) is 0 Å². The molecule has 0 amide bonds. The molecule has 1 fully saturated rings. The second-order valence-electron chi connectivity index (χ2n) is 5.45. The molecule has 108 valence electrons. The van der Waals surface area contributed by atoms with Crippen molar-refractivity contribution in [2.75, 3.05) is 40.4 Å². The van der Waals surface area contributed by atoms with Gasteiger partial charge in [0, 0.05) is 19.8 Å². The van der Waals surface area contributed by atoms with E-state index in [1.165, 1.54) is 6.92 Å². The number of terminal acetylenes is 1. The van der Waals surface area contributed by atoms with E-state index in [0.29, 0.717) is 26.2 Å². The number of nitrogens with zero attached hydrogens (tertiary/aromatic N) is 1. The number of carbonyl (C=O) groups is 1. The summed E-state index contributed by atoms with van der Waals surface area (Å²) in [6, 6.07) is 0. The first kappa shape index (κ1) is 16.0. The van der Waals surface area contributed by atoms with Gasteiger partial charge in [-0.1, -0.05) is 0 Å². The fourth-order valence-corrected chi connectivity index (χ4v) is 1.95. The van der Waals surface area contributed by atoms with Crippen LogP contribution in [0.25, 0.3) is 0 Å². The molecule has 1 aliphatic rings. The van der Waals surface area contributed by atoms with E-state index in [2.05, 4.69) is 20.0 Å². The molecule has 1 rings (SSSR count). The summed E-state index contributed by atoms with van der Waals surface area (Å²) in [5.41, 5.74) is 0. The highest BCUT2D eigenvalue weighted by molar-refractivity contribution is 5.66. The molecular formula is C14H24NO4+. The number of quaternary nitrogens is 1. The predicted octanol–water partition coefficient (Wildman–Crippen LogP) is 0.781. The lowest BCUT2D eigenvalue weighted by Crippen LogP contribution is -2.43. The fourth-order valence-electron chi connectivity index (χ4n) is 1.95. The summed E-state index contributed by atoms with van der Waals surface area (Å²) in [6.07, 6.45) is 6.27. The number of ether oxygens (including phenoxy) is 3. The number of hydrogen-bond donors (Lipinski definition) is 0. The molecule has 0 aliphatic carbocycles. The van der Waals surface area contributed by atoms with Gasteiger partial charge < -0.3 is 18.7 Å². The first-order chi connectivity index (χ1) is 8.93. The Kier molecular flexibility index (Phi) is 6.29. The lowest BCUT2D eigenvalue weighted by molar-refractivity contribution is -0.883. The van der Waals surface area contributed by atoms with Gasteiger partial charge in [-0.15, -0.1) is 6.42 Å². The maximum absolute atomic E-state index is 10.9. The second-order valence-corrected chi connectivity index (χ2v) is 5.45. The maximum atomic E-state index is 10.9. The number of rotatable bonds is 6. The molecule has 2 atom stereocenters. The Bertz CT molecular complexity index is 335. The van der Waals surface area contributed by atoms with E-state index in [9.17, 15) is 4.79 Å². The number of carbonyl (C=O) groups excluding carboxylic acids is 1. The lowest BCUT2D eigenvalue weighted by atomic mass is 10.1. The Morgan fingerprint density at radius 2 is 2.26 bits per heavy atom. The van der Waals surface area contributed by atoms with Crippen LogP contribution in [0.2, 0.25) is 0 Å². The van der Waals surface area contributed by atoms with Gasteiger partial charge in [-0.3, -0.25) is 4.79 Å². The number of hydrogen-bond acceptors (Lipinski definition) is 4. The molecule has 19 heavy (non-hydrogen) atoms. The highest BCUT2D eigenvalue weighted by atomic mass is 16.7. The van der Waals surface area contributed by atoms with Crippen LogP contribution in [0, 0.1) is 12.3 Å². The van der Waals surface area contributed by atoms with Crippen molar-refractivity contribution >= 4 is 5.97 Å². The van der Waals surface area contributed by atoms with Crippen molar-refractivity contribution in [1.29, 1.82) is 0 Å². The Morgan fingerprint density at radius 3 is 2.89 bits per heavy atom. The second kappa shape index (κ2) is 7.49. The van der Waals surface area contributed by atoms with Crippen LogP contribution < -0.4 is 0 Å². The first-order valence-corrected chi connectivity index (χ1v) is 6.59. The Hall–Kier alpha value is -1.09. The molecule has 5 heteroatoms. The van der Waals surface area contributed by atoms with Gasteiger partial charge in [0.15, 0.2) is 6.29 Å². The van der Waals surface area contributed by atoms with E-state index in [4.69, 9.17) is 20.6 Å². The molecule has 1 heterocycles. The van der Waals surface area contributed by atoms with Crippen molar-refractivity contribution < 1.29 is 23.5 Å². The zero-order valence-corrected chi connectivity index (χ0v) is 12.1. The first-order valence-electron chi connectivity index (χ1n) is 6.59.